The van der Waals surface area contributed by atoms with Crippen LogP contribution in [0, 0.1) is 0 Å². The van der Waals surface area contributed by atoms with E-state index in [0.717, 1.165) is 12.8 Å². The number of aromatic carboxylic acids is 1. The zero-order valence-electron chi connectivity index (χ0n) is 9.72. The lowest BCUT2D eigenvalue weighted by Gasteiger charge is -2.28. The topological polar surface area (TPSA) is 71.5 Å². The van der Waals surface area contributed by atoms with Crippen LogP contribution in [0.5, 0.6) is 0 Å². The minimum Gasteiger partial charge on any atom is -0.478 e. The lowest BCUT2D eigenvalue weighted by Crippen LogP contribution is -2.33. The first-order chi connectivity index (χ1) is 8.16. The van der Waals surface area contributed by atoms with Crippen molar-refractivity contribution < 1.29 is 14.6 Å². The van der Waals surface area contributed by atoms with Crippen LogP contribution in [0.3, 0.4) is 0 Å². The van der Waals surface area contributed by atoms with Gasteiger partial charge in [-0.05, 0) is 25.8 Å². The summed E-state index contributed by atoms with van der Waals surface area (Å²) in [6, 6.07) is 1.76. The van der Waals surface area contributed by atoms with E-state index < -0.39 is 5.97 Å². The van der Waals surface area contributed by atoms with Crippen LogP contribution in [0.2, 0.25) is 0 Å². The Balaban J connectivity index is 2.10. The van der Waals surface area contributed by atoms with Gasteiger partial charge in [-0.3, -0.25) is 4.98 Å². The maximum absolute atomic E-state index is 11.0. The van der Waals surface area contributed by atoms with Gasteiger partial charge in [0, 0.05) is 18.8 Å². The van der Waals surface area contributed by atoms with E-state index in [1.807, 2.05) is 6.92 Å². The predicted molar refractivity (Wildman–Crippen MR) is 63.3 cm³/mol. The van der Waals surface area contributed by atoms with Gasteiger partial charge in [0.1, 0.15) is 0 Å². The second-order valence-electron chi connectivity index (χ2n) is 4.27. The van der Waals surface area contributed by atoms with Gasteiger partial charge in [-0.1, -0.05) is 0 Å². The molecule has 0 amide bonds. The van der Waals surface area contributed by atoms with Crippen molar-refractivity contribution in [2.45, 2.75) is 31.9 Å². The molecule has 0 bridgehead atoms. The van der Waals surface area contributed by atoms with Crippen molar-refractivity contribution >= 4 is 11.7 Å². The number of pyridine rings is 1. The van der Waals surface area contributed by atoms with Gasteiger partial charge in [-0.15, -0.1) is 0 Å². The Morgan fingerprint density at radius 1 is 1.65 bits per heavy atom. The van der Waals surface area contributed by atoms with Crippen LogP contribution >= 0.6 is 0 Å². The summed E-state index contributed by atoms with van der Waals surface area (Å²) in [4.78, 5) is 15.0. The highest BCUT2D eigenvalue weighted by Gasteiger charge is 2.20. The van der Waals surface area contributed by atoms with Gasteiger partial charge in [-0.25, -0.2) is 4.79 Å². The highest BCUT2D eigenvalue weighted by Crippen LogP contribution is 2.20. The highest BCUT2D eigenvalue weighted by atomic mass is 16.5. The average molecular weight is 236 g/mol. The van der Waals surface area contributed by atoms with Crippen LogP contribution in [0.4, 0.5) is 5.69 Å². The second kappa shape index (κ2) is 5.14. The van der Waals surface area contributed by atoms with Gasteiger partial charge in [0.15, 0.2) is 0 Å². The molecular formula is C12H16N2O3. The molecule has 0 radical (unpaired) electrons. The first-order valence-electron chi connectivity index (χ1n) is 5.72. The summed E-state index contributed by atoms with van der Waals surface area (Å²) in [6.07, 6.45) is 5.03. The summed E-state index contributed by atoms with van der Waals surface area (Å²) in [5.41, 5.74) is 0.846. The van der Waals surface area contributed by atoms with E-state index in [4.69, 9.17) is 9.84 Å². The number of nitrogens with one attached hydrogen (secondary N) is 1. The average Bonchev–Trinajstić information content (AvgIpc) is 2.29. The fourth-order valence-corrected chi connectivity index (χ4v) is 2.05. The molecule has 92 valence electrons. The van der Waals surface area contributed by atoms with Gasteiger partial charge >= 0.3 is 5.97 Å². The standard InChI is InChI=1S/C12H16N2O3/c1-8-6-9(3-5-17-8)14-11-7-13-4-2-10(11)12(15)16/h2,4,7-9,14H,3,5-6H2,1H3,(H,15,16). The van der Waals surface area contributed by atoms with E-state index in [1.165, 1.54) is 12.3 Å². The molecule has 1 aromatic rings. The van der Waals surface area contributed by atoms with E-state index in [-0.39, 0.29) is 17.7 Å². The summed E-state index contributed by atoms with van der Waals surface area (Å²) in [7, 11) is 0. The molecule has 0 spiro atoms. The third-order valence-corrected chi connectivity index (χ3v) is 2.90. The summed E-state index contributed by atoms with van der Waals surface area (Å²) >= 11 is 0. The van der Waals surface area contributed by atoms with E-state index in [0.29, 0.717) is 12.3 Å². The lowest BCUT2D eigenvalue weighted by molar-refractivity contribution is 0.0232. The molecule has 2 heterocycles. The Morgan fingerprint density at radius 3 is 3.18 bits per heavy atom. The van der Waals surface area contributed by atoms with Crippen LogP contribution in [0.15, 0.2) is 18.5 Å². The zero-order chi connectivity index (χ0) is 12.3. The van der Waals surface area contributed by atoms with Crippen LogP contribution < -0.4 is 5.32 Å². The van der Waals surface area contributed by atoms with Crippen molar-refractivity contribution in [3.8, 4) is 0 Å². The second-order valence-corrected chi connectivity index (χ2v) is 4.27. The van der Waals surface area contributed by atoms with Crippen molar-refractivity contribution in [3.05, 3.63) is 24.0 Å². The first kappa shape index (κ1) is 11.9. The Labute approximate surface area is 99.8 Å². The molecular weight excluding hydrogens is 220 g/mol. The maximum atomic E-state index is 11.0. The minimum absolute atomic E-state index is 0.214. The number of aromatic nitrogens is 1. The molecule has 1 saturated heterocycles. The predicted octanol–water partition coefficient (Wildman–Crippen LogP) is 1.76. The molecule has 1 aliphatic heterocycles. The fourth-order valence-electron chi connectivity index (χ4n) is 2.05. The molecule has 1 aliphatic rings. The molecule has 0 aliphatic carbocycles. The molecule has 2 unspecified atom stereocenters. The molecule has 0 saturated carbocycles. The highest BCUT2D eigenvalue weighted by molar-refractivity contribution is 5.93. The number of rotatable bonds is 3. The summed E-state index contributed by atoms with van der Waals surface area (Å²) in [5, 5.41) is 12.3. The zero-order valence-corrected chi connectivity index (χ0v) is 9.72. The molecule has 2 rings (SSSR count). The van der Waals surface area contributed by atoms with Crippen molar-refractivity contribution in [3.63, 3.8) is 0 Å². The number of nitrogens with zero attached hydrogens (tertiary/aromatic N) is 1. The van der Waals surface area contributed by atoms with E-state index in [2.05, 4.69) is 10.3 Å². The molecule has 5 nitrogen and oxygen atoms in total. The molecule has 5 heteroatoms. The number of carbonyl (C=O) groups is 1. The smallest absolute Gasteiger partial charge is 0.337 e. The molecule has 2 N–H and O–H groups in total. The van der Waals surface area contributed by atoms with E-state index in [9.17, 15) is 4.79 Å². The van der Waals surface area contributed by atoms with Crippen molar-refractivity contribution in [1.82, 2.24) is 4.98 Å². The van der Waals surface area contributed by atoms with Crippen molar-refractivity contribution in [1.29, 1.82) is 0 Å². The number of anilines is 1. The third kappa shape index (κ3) is 2.94. The Bertz CT molecular complexity index is 408. The summed E-state index contributed by atoms with van der Waals surface area (Å²) < 4.78 is 5.45. The van der Waals surface area contributed by atoms with Crippen molar-refractivity contribution in [2.75, 3.05) is 11.9 Å². The Hall–Kier alpha value is -1.62. The first-order valence-corrected chi connectivity index (χ1v) is 5.72. The number of hydrogen-bond donors (Lipinski definition) is 2. The quantitative estimate of drug-likeness (QED) is 0.836. The Morgan fingerprint density at radius 2 is 2.47 bits per heavy atom. The number of carboxylic acid groups (broad SMARTS) is 1. The lowest BCUT2D eigenvalue weighted by atomic mass is 10.0. The van der Waals surface area contributed by atoms with Gasteiger partial charge in [0.2, 0.25) is 0 Å². The normalized spacial score (nSPS) is 24.3. The number of carboxylic acids is 1. The van der Waals surface area contributed by atoms with Crippen LogP contribution in [0.25, 0.3) is 0 Å². The fraction of sp³-hybridized carbons (Fsp3) is 0.500. The van der Waals surface area contributed by atoms with Gasteiger partial charge < -0.3 is 15.2 Å². The van der Waals surface area contributed by atoms with E-state index >= 15 is 0 Å². The largest absolute Gasteiger partial charge is 0.478 e. The van der Waals surface area contributed by atoms with E-state index in [1.54, 1.807) is 6.20 Å². The summed E-state index contributed by atoms with van der Waals surface area (Å²) in [5.74, 6) is -0.935. The molecule has 1 fully saturated rings. The molecule has 17 heavy (non-hydrogen) atoms. The van der Waals surface area contributed by atoms with Crippen molar-refractivity contribution in [2.24, 2.45) is 0 Å². The van der Waals surface area contributed by atoms with Gasteiger partial charge in [-0.2, -0.15) is 0 Å². The Kier molecular flexibility index (Phi) is 3.58. The number of ether oxygens (including phenoxy) is 1. The van der Waals surface area contributed by atoms with Gasteiger partial charge in [0.25, 0.3) is 0 Å². The van der Waals surface area contributed by atoms with Gasteiger partial charge in [0.05, 0.1) is 23.6 Å². The SMILES string of the molecule is CC1CC(Nc2cnccc2C(=O)O)CCO1. The molecule has 0 aromatic carbocycles. The molecule has 1 aromatic heterocycles. The minimum atomic E-state index is -0.935. The molecule has 2 atom stereocenters. The third-order valence-electron chi connectivity index (χ3n) is 2.90. The van der Waals surface area contributed by atoms with Crippen LogP contribution in [-0.2, 0) is 4.74 Å². The summed E-state index contributed by atoms with van der Waals surface area (Å²) in [6.45, 7) is 2.73. The van der Waals surface area contributed by atoms with Crippen LogP contribution in [-0.4, -0.2) is 34.8 Å². The van der Waals surface area contributed by atoms with Crippen LogP contribution in [0.1, 0.15) is 30.1 Å². The monoisotopic (exact) mass is 236 g/mol. The number of hydrogen-bond acceptors (Lipinski definition) is 4. The maximum Gasteiger partial charge on any atom is 0.337 e.